The number of ether oxygens (including phenoxy) is 1. The Labute approximate surface area is 123 Å². The monoisotopic (exact) mass is 282 g/mol. The summed E-state index contributed by atoms with van der Waals surface area (Å²) < 4.78 is 5.28. The highest BCUT2D eigenvalue weighted by molar-refractivity contribution is 5.89. The predicted octanol–water partition coefficient (Wildman–Crippen LogP) is 5.05. The van der Waals surface area contributed by atoms with E-state index in [0.29, 0.717) is 12.0 Å². The fraction of sp³-hybridized carbons (Fsp3) is 0.824. The van der Waals surface area contributed by atoms with Crippen LogP contribution in [-0.4, -0.2) is 17.2 Å². The fourth-order valence-corrected chi connectivity index (χ4v) is 2.61. The van der Waals surface area contributed by atoms with Gasteiger partial charge in [0, 0.05) is 6.42 Å². The van der Waals surface area contributed by atoms with Crippen LogP contribution in [0.15, 0.2) is 11.3 Å². The van der Waals surface area contributed by atoms with Crippen LogP contribution in [-0.2, 0) is 9.53 Å². The molecule has 1 heterocycles. The zero-order valence-corrected chi connectivity index (χ0v) is 13.1. The van der Waals surface area contributed by atoms with Crippen molar-refractivity contribution >= 4 is 5.97 Å². The second kappa shape index (κ2) is 9.84. The molecule has 3 nitrogen and oxygen atoms in total. The average molecular weight is 282 g/mol. The van der Waals surface area contributed by atoms with Crippen LogP contribution in [0.25, 0.3) is 0 Å². The Morgan fingerprint density at radius 1 is 1.05 bits per heavy atom. The lowest BCUT2D eigenvalue weighted by Crippen LogP contribution is -2.25. The zero-order chi connectivity index (χ0) is 14.8. The molecule has 1 rings (SSSR count). The molecular formula is C17H30O3. The molecule has 1 N–H and O–H groups in total. The number of carbonyl (C=O) groups excluding carboxylic acids is 1. The van der Waals surface area contributed by atoms with Gasteiger partial charge in [-0.1, -0.05) is 58.3 Å². The highest BCUT2D eigenvalue weighted by Crippen LogP contribution is 2.23. The molecule has 3 heteroatoms. The van der Waals surface area contributed by atoms with Crippen molar-refractivity contribution < 1.29 is 14.6 Å². The summed E-state index contributed by atoms with van der Waals surface area (Å²) in [6.45, 7) is 3.86. The van der Waals surface area contributed by atoms with E-state index in [4.69, 9.17) is 4.74 Å². The van der Waals surface area contributed by atoms with Gasteiger partial charge in [-0.3, -0.25) is 0 Å². The summed E-state index contributed by atoms with van der Waals surface area (Å²) in [7, 11) is 0. The first-order chi connectivity index (χ1) is 9.65. The van der Waals surface area contributed by atoms with Crippen LogP contribution >= 0.6 is 0 Å². The number of rotatable bonds is 10. The first-order valence-electron chi connectivity index (χ1n) is 8.24. The molecule has 20 heavy (non-hydrogen) atoms. The van der Waals surface area contributed by atoms with E-state index in [0.717, 1.165) is 12.8 Å². The van der Waals surface area contributed by atoms with Crippen molar-refractivity contribution in [2.45, 2.75) is 90.6 Å². The topological polar surface area (TPSA) is 46.5 Å². The molecule has 0 saturated heterocycles. The van der Waals surface area contributed by atoms with E-state index >= 15 is 0 Å². The summed E-state index contributed by atoms with van der Waals surface area (Å²) in [5, 5.41) is 9.64. The van der Waals surface area contributed by atoms with Crippen molar-refractivity contribution in [3.05, 3.63) is 11.3 Å². The lowest BCUT2D eigenvalue weighted by atomic mass is 10.0. The largest absolute Gasteiger partial charge is 0.512 e. The number of unbranched alkanes of at least 4 members (excludes halogenated alkanes) is 8. The van der Waals surface area contributed by atoms with E-state index in [2.05, 4.69) is 6.92 Å². The van der Waals surface area contributed by atoms with Crippen LogP contribution in [0, 0.1) is 0 Å². The predicted molar refractivity (Wildman–Crippen MR) is 81.7 cm³/mol. The summed E-state index contributed by atoms with van der Waals surface area (Å²) in [4.78, 5) is 11.4. The quantitative estimate of drug-likeness (QED) is 0.450. The van der Waals surface area contributed by atoms with E-state index in [-0.39, 0.29) is 17.8 Å². The van der Waals surface area contributed by atoms with E-state index in [9.17, 15) is 9.90 Å². The van der Waals surface area contributed by atoms with E-state index in [1.165, 1.54) is 51.4 Å². The highest BCUT2D eigenvalue weighted by atomic mass is 16.5. The fourth-order valence-electron chi connectivity index (χ4n) is 2.61. The molecule has 116 valence electrons. The SMILES string of the molecule is CCCCCCCCCCCC1CC(O)=C(C)C(=O)O1. The molecule has 0 aromatic rings. The average Bonchev–Trinajstić information content (AvgIpc) is 2.43. The maximum atomic E-state index is 11.4. The van der Waals surface area contributed by atoms with Crippen LogP contribution in [0.4, 0.5) is 0 Å². The minimum Gasteiger partial charge on any atom is -0.512 e. The third-order valence-corrected chi connectivity index (χ3v) is 4.06. The highest BCUT2D eigenvalue weighted by Gasteiger charge is 2.25. The van der Waals surface area contributed by atoms with Crippen LogP contribution in [0.1, 0.15) is 84.5 Å². The van der Waals surface area contributed by atoms with Gasteiger partial charge >= 0.3 is 5.97 Å². The minimum atomic E-state index is -0.352. The summed E-state index contributed by atoms with van der Waals surface area (Å²) in [5.74, 6) is -0.142. The van der Waals surface area contributed by atoms with Crippen molar-refractivity contribution in [1.82, 2.24) is 0 Å². The molecular weight excluding hydrogens is 252 g/mol. The Balaban J connectivity index is 1.99. The van der Waals surface area contributed by atoms with Crippen molar-refractivity contribution in [3.8, 4) is 0 Å². The van der Waals surface area contributed by atoms with Crippen LogP contribution < -0.4 is 0 Å². The van der Waals surface area contributed by atoms with Gasteiger partial charge in [0.1, 0.15) is 11.9 Å². The molecule has 0 amide bonds. The van der Waals surface area contributed by atoms with Crippen molar-refractivity contribution in [3.63, 3.8) is 0 Å². The van der Waals surface area contributed by atoms with Crippen molar-refractivity contribution in [1.29, 1.82) is 0 Å². The number of cyclic esters (lactones) is 1. The van der Waals surface area contributed by atoms with Crippen LogP contribution in [0.5, 0.6) is 0 Å². The molecule has 0 saturated carbocycles. The number of aliphatic hydroxyl groups is 1. The maximum Gasteiger partial charge on any atom is 0.337 e. The first-order valence-corrected chi connectivity index (χ1v) is 8.24. The molecule has 1 aliphatic heterocycles. The Morgan fingerprint density at radius 3 is 2.15 bits per heavy atom. The van der Waals surface area contributed by atoms with Crippen molar-refractivity contribution in [2.75, 3.05) is 0 Å². The molecule has 0 aromatic heterocycles. The van der Waals surface area contributed by atoms with Gasteiger partial charge in [-0.05, 0) is 19.8 Å². The lowest BCUT2D eigenvalue weighted by molar-refractivity contribution is -0.147. The number of hydrogen-bond donors (Lipinski definition) is 1. The van der Waals surface area contributed by atoms with Gasteiger partial charge in [0.25, 0.3) is 0 Å². The molecule has 0 bridgehead atoms. The zero-order valence-electron chi connectivity index (χ0n) is 13.1. The standard InChI is InChI=1S/C17H30O3/c1-3-4-5-6-7-8-9-10-11-12-15-13-16(18)14(2)17(19)20-15/h15,18H,3-13H2,1-2H3. The summed E-state index contributed by atoms with van der Waals surface area (Å²) in [5.41, 5.74) is 0.369. The van der Waals surface area contributed by atoms with Gasteiger partial charge < -0.3 is 9.84 Å². The Hall–Kier alpha value is -0.990. The second-order valence-electron chi connectivity index (χ2n) is 5.92. The van der Waals surface area contributed by atoms with Crippen LogP contribution in [0.3, 0.4) is 0 Å². The maximum absolute atomic E-state index is 11.4. The third-order valence-electron chi connectivity index (χ3n) is 4.06. The number of esters is 1. The van der Waals surface area contributed by atoms with Crippen LogP contribution in [0.2, 0.25) is 0 Å². The molecule has 0 radical (unpaired) electrons. The Kier molecular flexibility index (Phi) is 8.40. The molecule has 0 aliphatic carbocycles. The number of aliphatic hydroxyl groups excluding tert-OH is 1. The summed E-state index contributed by atoms with van der Waals surface area (Å²) >= 11 is 0. The van der Waals surface area contributed by atoms with E-state index in [1.807, 2.05) is 0 Å². The van der Waals surface area contributed by atoms with Gasteiger partial charge in [0.2, 0.25) is 0 Å². The smallest absolute Gasteiger partial charge is 0.337 e. The number of carbonyl (C=O) groups is 1. The van der Waals surface area contributed by atoms with Gasteiger partial charge in [-0.15, -0.1) is 0 Å². The Morgan fingerprint density at radius 2 is 1.60 bits per heavy atom. The molecule has 0 spiro atoms. The lowest BCUT2D eigenvalue weighted by Gasteiger charge is -2.23. The Bertz CT molecular complexity index is 320. The van der Waals surface area contributed by atoms with Gasteiger partial charge in [0.05, 0.1) is 5.57 Å². The van der Waals surface area contributed by atoms with Gasteiger partial charge in [0.15, 0.2) is 0 Å². The first kappa shape index (κ1) is 17.1. The summed E-state index contributed by atoms with van der Waals surface area (Å²) in [6, 6.07) is 0. The molecule has 1 atom stereocenters. The van der Waals surface area contributed by atoms with Gasteiger partial charge in [-0.25, -0.2) is 4.79 Å². The van der Waals surface area contributed by atoms with Gasteiger partial charge in [-0.2, -0.15) is 0 Å². The minimum absolute atomic E-state index is 0.115. The number of hydrogen-bond acceptors (Lipinski definition) is 3. The molecule has 0 aromatic carbocycles. The van der Waals surface area contributed by atoms with E-state index < -0.39 is 0 Å². The molecule has 0 fully saturated rings. The van der Waals surface area contributed by atoms with Crippen molar-refractivity contribution in [2.24, 2.45) is 0 Å². The normalized spacial score (nSPS) is 19.3. The second-order valence-corrected chi connectivity index (χ2v) is 5.92. The summed E-state index contributed by atoms with van der Waals surface area (Å²) in [6.07, 6.45) is 12.9. The van der Waals surface area contributed by atoms with E-state index in [1.54, 1.807) is 6.92 Å². The molecule has 1 unspecified atom stereocenters. The third kappa shape index (κ3) is 6.44. The molecule has 1 aliphatic rings.